The van der Waals surface area contributed by atoms with Crippen LogP contribution in [0, 0.1) is 13.8 Å². The first-order valence-corrected chi connectivity index (χ1v) is 9.92. The zero-order valence-electron chi connectivity index (χ0n) is 17.8. The van der Waals surface area contributed by atoms with Crippen molar-refractivity contribution in [2.45, 2.75) is 66.7 Å². The summed E-state index contributed by atoms with van der Waals surface area (Å²) in [5, 5.41) is 2.64. The van der Waals surface area contributed by atoms with Gasteiger partial charge in [-0.05, 0) is 58.4 Å². The molecule has 0 heteroatoms. The average Bonchev–Trinajstić information content (AvgIpc) is 2.62. The van der Waals surface area contributed by atoms with Crippen molar-refractivity contribution in [3.63, 3.8) is 0 Å². The molecule has 0 N–H and O–H groups in total. The second-order valence-corrected chi connectivity index (χ2v) is 7.81. The minimum atomic E-state index is -0.0108. The van der Waals surface area contributed by atoms with Crippen LogP contribution in [0.1, 0.15) is 75.3 Å². The highest BCUT2D eigenvalue weighted by Crippen LogP contribution is 2.38. The molecule has 0 aliphatic heterocycles. The second-order valence-electron chi connectivity index (χ2n) is 7.81. The van der Waals surface area contributed by atoms with Crippen molar-refractivity contribution in [3.8, 4) is 0 Å². The maximum Gasteiger partial charge on any atom is 0.0152 e. The monoisotopic (exact) mass is 346 g/mol. The first-order chi connectivity index (χ1) is 12.3. The van der Waals surface area contributed by atoms with Crippen LogP contribution in [-0.4, -0.2) is 0 Å². The predicted molar refractivity (Wildman–Crippen MR) is 117 cm³/mol. The molecule has 26 heavy (non-hydrogen) atoms. The Bertz CT molecular complexity index is 882. The van der Waals surface area contributed by atoms with E-state index in [1.54, 1.807) is 0 Å². The van der Waals surface area contributed by atoms with Crippen molar-refractivity contribution in [2.24, 2.45) is 0 Å². The van der Waals surface area contributed by atoms with Crippen LogP contribution in [0.4, 0.5) is 0 Å². The first kappa shape index (κ1) is 20.2. The lowest BCUT2D eigenvalue weighted by molar-refractivity contribution is 0.629. The summed E-state index contributed by atoms with van der Waals surface area (Å²) in [7, 11) is 0. The summed E-state index contributed by atoms with van der Waals surface area (Å²) in [6.07, 6.45) is 0. The summed E-state index contributed by atoms with van der Waals surface area (Å²) < 4.78 is 0. The van der Waals surface area contributed by atoms with Crippen molar-refractivity contribution >= 4 is 10.8 Å². The fraction of sp³-hybridized carbons (Fsp3) is 0.385. The SMILES string of the molecule is CC.Cc1cc2ccccc2cc1C(C)(C)c1cccc(C(C)C)c1C. The Morgan fingerprint density at radius 3 is 1.88 bits per heavy atom. The van der Waals surface area contributed by atoms with E-state index >= 15 is 0 Å². The number of fused-ring (bicyclic) bond motifs is 1. The number of hydrogen-bond acceptors (Lipinski definition) is 0. The molecule has 3 rings (SSSR count). The molecule has 0 aromatic heterocycles. The molecule has 0 saturated carbocycles. The maximum atomic E-state index is 2.38. The van der Waals surface area contributed by atoms with E-state index in [9.17, 15) is 0 Å². The van der Waals surface area contributed by atoms with E-state index in [4.69, 9.17) is 0 Å². The first-order valence-electron chi connectivity index (χ1n) is 9.92. The van der Waals surface area contributed by atoms with Crippen molar-refractivity contribution in [2.75, 3.05) is 0 Å². The Morgan fingerprint density at radius 1 is 0.731 bits per heavy atom. The van der Waals surface area contributed by atoms with E-state index in [-0.39, 0.29) is 5.41 Å². The average molecular weight is 347 g/mol. The van der Waals surface area contributed by atoms with E-state index in [1.807, 2.05) is 13.8 Å². The molecule has 0 aliphatic carbocycles. The van der Waals surface area contributed by atoms with Gasteiger partial charge in [0.15, 0.2) is 0 Å². The molecular formula is C26H34. The molecule has 0 bridgehead atoms. The zero-order chi connectivity index (χ0) is 19.5. The fourth-order valence-electron chi connectivity index (χ4n) is 4.13. The van der Waals surface area contributed by atoms with E-state index in [2.05, 4.69) is 96.1 Å². The van der Waals surface area contributed by atoms with Gasteiger partial charge in [-0.15, -0.1) is 0 Å². The Labute approximate surface area is 160 Å². The van der Waals surface area contributed by atoms with Gasteiger partial charge in [0.25, 0.3) is 0 Å². The molecule has 0 unspecified atom stereocenters. The standard InChI is InChI=1S/C24H28.C2H6/c1-16(2)21-12-9-13-22(18(21)4)24(5,6)23-15-20-11-8-7-10-19(20)14-17(23)3;1-2/h7-16H,1-6H3;1-2H3. The van der Waals surface area contributed by atoms with Crippen molar-refractivity contribution < 1.29 is 0 Å². The third-order valence-corrected chi connectivity index (χ3v) is 5.44. The number of rotatable bonds is 3. The third-order valence-electron chi connectivity index (χ3n) is 5.44. The van der Waals surface area contributed by atoms with Crippen molar-refractivity contribution in [1.82, 2.24) is 0 Å². The van der Waals surface area contributed by atoms with E-state index < -0.39 is 0 Å². The lowest BCUT2D eigenvalue weighted by atomic mass is 9.73. The van der Waals surface area contributed by atoms with Crippen LogP contribution < -0.4 is 0 Å². The predicted octanol–water partition coefficient (Wildman–Crippen LogP) is 7.93. The van der Waals surface area contributed by atoms with E-state index in [1.165, 1.54) is 38.6 Å². The van der Waals surface area contributed by atoms with Gasteiger partial charge in [0.1, 0.15) is 0 Å². The number of aryl methyl sites for hydroxylation is 1. The van der Waals surface area contributed by atoms with Crippen LogP contribution in [0.2, 0.25) is 0 Å². The molecule has 0 aliphatic rings. The molecule has 138 valence electrons. The van der Waals surface area contributed by atoms with Gasteiger partial charge in [-0.3, -0.25) is 0 Å². The molecule has 0 nitrogen and oxygen atoms in total. The molecule has 0 saturated heterocycles. The highest BCUT2D eigenvalue weighted by Gasteiger charge is 2.27. The van der Waals surface area contributed by atoms with Gasteiger partial charge >= 0.3 is 0 Å². The molecule has 0 heterocycles. The Hall–Kier alpha value is -2.08. The molecule has 0 atom stereocenters. The summed E-state index contributed by atoms with van der Waals surface area (Å²) in [6, 6.07) is 20.1. The molecule has 0 spiro atoms. The van der Waals surface area contributed by atoms with Crippen LogP contribution in [-0.2, 0) is 5.41 Å². The summed E-state index contributed by atoms with van der Waals surface area (Å²) in [5.41, 5.74) is 7.11. The lowest BCUT2D eigenvalue weighted by Gasteiger charge is -2.31. The quantitative estimate of drug-likeness (QED) is 0.451. The molecule has 3 aromatic carbocycles. The summed E-state index contributed by atoms with van der Waals surface area (Å²) in [4.78, 5) is 0. The third kappa shape index (κ3) is 3.70. The van der Waals surface area contributed by atoms with Crippen LogP contribution >= 0.6 is 0 Å². The highest BCUT2D eigenvalue weighted by atomic mass is 14.3. The van der Waals surface area contributed by atoms with Gasteiger partial charge in [0, 0.05) is 5.41 Å². The molecule has 0 fully saturated rings. The summed E-state index contributed by atoms with van der Waals surface area (Å²) >= 11 is 0. The van der Waals surface area contributed by atoms with Gasteiger partial charge < -0.3 is 0 Å². The van der Waals surface area contributed by atoms with Gasteiger partial charge in [-0.25, -0.2) is 0 Å². The van der Waals surface area contributed by atoms with Gasteiger partial charge in [0.05, 0.1) is 0 Å². The second kappa shape index (κ2) is 8.08. The summed E-state index contributed by atoms with van der Waals surface area (Å²) in [5.74, 6) is 0.554. The fourth-order valence-corrected chi connectivity index (χ4v) is 4.13. The largest absolute Gasteiger partial charge is 0.0683 e. The van der Waals surface area contributed by atoms with Crippen LogP contribution in [0.5, 0.6) is 0 Å². The maximum absolute atomic E-state index is 2.38. The smallest absolute Gasteiger partial charge is 0.0152 e. The number of hydrogen-bond donors (Lipinski definition) is 0. The van der Waals surface area contributed by atoms with Gasteiger partial charge in [-0.1, -0.05) is 96.1 Å². The van der Waals surface area contributed by atoms with E-state index in [0.29, 0.717) is 5.92 Å². The van der Waals surface area contributed by atoms with Gasteiger partial charge in [-0.2, -0.15) is 0 Å². The molecular weight excluding hydrogens is 312 g/mol. The Kier molecular flexibility index (Phi) is 6.29. The Morgan fingerprint density at radius 2 is 1.31 bits per heavy atom. The minimum Gasteiger partial charge on any atom is -0.0683 e. The molecule has 3 aromatic rings. The minimum absolute atomic E-state index is 0.0108. The van der Waals surface area contributed by atoms with Gasteiger partial charge in [0.2, 0.25) is 0 Å². The van der Waals surface area contributed by atoms with Crippen LogP contribution in [0.3, 0.4) is 0 Å². The zero-order valence-corrected chi connectivity index (χ0v) is 17.8. The topological polar surface area (TPSA) is 0 Å². The lowest BCUT2D eigenvalue weighted by Crippen LogP contribution is -2.22. The normalized spacial score (nSPS) is 11.4. The molecule has 0 radical (unpaired) electrons. The molecule has 0 amide bonds. The number of benzene rings is 3. The highest BCUT2D eigenvalue weighted by molar-refractivity contribution is 5.84. The Balaban J connectivity index is 0.00000117. The van der Waals surface area contributed by atoms with Crippen LogP contribution in [0.15, 0.2) is 54.6 Å². The van der Waals surface area contributed by atoms with Crippen molar-refractivity contribution in [3.05, 3.63) is 82.4 Å². The van der Waals surface area contributed by atoms with Crippen LogP contribution in [0.25, 0.3) is 10.8 Å². The summed E-state index contributed by atoms with van der Waals surface area (Å²) in [6.45, 7) is 17.8. The van der Waals surface area contributed by atoms with Crippen molar-refractivity contribution in [1.29, 1.82) is 0 Å². The van der Waals surface area contributed by atoms with E-state index in [0.717, 1.165) is 0 Å².